The van der Waals surface area contributed by atoms with Gasteiger partial charge in [-0.15, -0.1) is 11.3 Å². The first kappa shape index (κ1) is 21.1. The van der Waals surface area contributed by atoms with Crippen molar-refractivity contribution in [2.75, 3.05) is 23.3 Å². The molecule has 4 aromatic rings. The molecule has 0 spiro atoms. The predicted molar refractivity (Wildman–Crippen MR) is 132 cm³/mol. The van der Waals surface area contributed by atoms with Crippen LogP contribution in [0.3, 0.4) is 0 Å². The largest absolute Gasteiger partial charge is 0.366 e. The average molecular weight is 459 g/mol. The van der Waals surface area contributed by atoms with E-state index >= 15 is 0 Å². The smallest absolute Gasteiger partial charge is 0.293 e. The van der Waals surface area contributed by atoms with Gasteiger partial charge in [-0.05, 0) is 55.7 Å². The number of para-hydroxylation sites is 2. The minimum absolute atomic E-state index is 0.0380. The lowest BCUT2D eigenvalue weighted by atomic mass is 10.1. The number of hydrogen-bond acceptors (Lipinski definition) is 6. The molecule has 33 heavy (non-hydrogen) atoms. The number of hydrogen-bond donors (Lipinski definition) is 1. The SMILES string of the molecule is O=C(Nc1ccccc1-c1nc2ccccc2s1)c1ccc(N2CCCCC2)c([N+](=O)[O-])c1. The molecule has 2 heterocycles. The molecule has 0 bridgehead atoms. The fourth-order valence-corrected chi connectivity index (χ4v) is 5.18. The number of fused-ring (bicyclic) bond motifs is 1. The molecule has 0 unspecified atom stereocenters. The maximum Gasteiger partial charge on any atom is 0.293 e. The van der Waals surface area contributed by atoms with Gasteiger partial charge < -0.3 is 10.2 Å². The molecule has 1 fully saturated rings. The van der Waals surface area contributed by atoms with Gasteiger partial charge in [0.05, 0.1) is 20.8 Å². The van der Waals surface area contributed by atoms with Crippen molar-refractivity contribution in [2.24, 2.45) is 0 Å². The van der Waals surface area contributed by atoms with Crippen LogP contribution in [0.2, 0.25) is 0 Å². The minimum atomic E-state index is -0.407. The van der Waals surface area contributed by atoms with Gasteiger partial charge >= 0.3 is 0 Å². The number of carbonyl (C=O) groups excluding carboxylic acids is 1. The van der Waals surface area contributed by atoms with Crippen LogP contribution in [0.25, 0.3) is 20.8 Å². The Labute approximate surface area is 194 Å². The van der Waals surface area contributed by atoms with Gasteiger partial charge in [-0.1, -0.05) is 24.3 Å². The molecular weight excluding hydrogens is 436 g/mol. The van der Waals surface area contributed by atoms with Crippen molar-refractivity contribution in [3.8, 4) is 10.6 Å². The van der Waals surface area contributed by atoms with E-state index in [0.717, 1.165) is 53.1 Å². The lowest BCUT2D eigenvalue weighted by Gasteiger charge is -2.28. The van der Waals surface area contributed by atoms with Gasteiger partial charge in [0, 0.05) is 30.3 Å². The topological polar surface area (TPSA) is 88.4 Å². The number of thiazole rings is 1. The fraction of sp³-hybridized carbons (Fsp3) is 0.200. The van der Waals surface area contributed by atoms with Crippen LogP contribution < -0.4 is 10.2 Å². The zero-order chi connectivity index (χ0) is 22.8. The van der Waals surface area contributed by atoms with Crippen molar-refractivity contribution in [2.45, 2.75) is 19.3 Å². The van der Waals surface area contributed by atoms with E-state index in [-0.39, 0.29) is 11.3 Å². The highest BCUT2D eigenvalue weighted by Gasteiger charge is 2.23. The van der Waals surface area contributed by atoms with Gasteiger partial charge in [0.15, 0.2) is 0 Å². The Bertz CT molecular complexity index is 1310. The highest BCUT2D eigenvalue weighted by Crippen LogP contribution is 2.35. The van der Waals surface area contributed by atoms with Crippen molar-refractivity contribution in [1.82, 2.24) is 4.98 Å². The van der Waals surface area contributed by atoms with Crippen molar-refractivity contribution in [3.05, 3.63) is 82.4 Å². The van der Waals surface area contributed by atoms with Crippen LogP contribution in [0.15, 0.2) is 66.7 Å². The van der Waals surface area contributed by atoms with Crippen molar-refractivity contribution in [1.29, 1.82) is 0 Å². The summed E-state index contributed by atoms with van der Waals surface area (Å²) in [5, 5.41) is 15.5. The van der Waals surface area contributed by atoms with E-state index in [1.54, 1.807) is 23.5 Å². The molecule has 1 aliphatic heterocycles. The second-order valence-corrected chi connectivity index (χ2v) is 9.03. The highest BCUT2D eigenvalue weighted by atomic mass is 32.1. The summed E-state index contributed by atoms with van der Waals surface area (Å²) in [5.41, 5.74) is 3.12. The van der Waals surface area contributed by atoms with E-state index < -0.39 is 10.8 Å². The summed E-state index contributed by atoms with van der Waals surface area (Å²) < 4.78 is 1.07. The standard InChI is InChI=1S/C25H22N4O3S/c30-24(17-12-13-21(22(16-17)29(31)32)28-14-6-1-7-15-28)26-19-9-3-2-8-18(19)25-27-20-10-4-5-11-23(20)33-25/h2-5,8-13,16H,1,6-7,14-15H2,(H,26,30). The van der Waals surface area contributed by atoms with E-state index in [1.807, 2.05) is 53.4 Å². The molecule has 1 saturated heterocycles. The van der Waals surface area contributed by atoms with Gasteiger partial charge in [-0.2, -0.15) is 0 Å². The Morgan fingerprint density at radius 2 is 1.76 bits per heavy atom. The molecule has 0 aliphatic carbocycles. The summed E-state index contributed by atoms with van der Waals surface area (Å²) in [5.74, 6) is -0.392. The number of piperidine rings is 1. The van der Waals surface area contributed by atoms with Gasteiger partial charge in [0.25, 0.3) is 11.6 Å². The molecular formula is C25H22N4O3S. The second-order valence-electron chi connectivity index (χ2n) is 7.99. The van der Waals surface area contributed by atoms with Gasteiger partial charge in [0.2, 0.25) is 0 Å². The molecule has 1 amide bonds. The third kappa shape index (κ3) is 4.29. The molecule has 5 rings (SSSR count). The quantitative estimate of drug-likeness (QED) is 0.288. The second kappa shape index (κ2) is 8.99. The first-order chi connectivity index (χ1) is 16.1. The number of carbonyl (C=O) groups is 1. The Morgan fingerprint density at radius 1 is 1.00 bits per heavy atom. The normalized spacial score (nSPS) is 13.8. The summed E-state index contributed by atoms with van der Waals surface area (Å²) >= 11 is 1.55. The third-order valence-corrected chi connectivity index (χ3v) is 6.90. The molecule has 0 atom stereocenters. The van der Waals surface area contributed by atoms with Gasteiger partial charge in [-0.25, -0.2) is 4.98 Å². The molecule has 166 valence electrons. The monoisotopic (exact) mass is 458 g/mol. The number of anilines is 2. The third-order valence-electron chi connectivity index (χ3n) is 5.83. The van der Waals surface area contributed by atoms with E-state index in [1.165, 1.54) is 6.07 Å². The van der Waals surface area contributed by atoms with Crippen LogP contribution in [0.1, 0.15) is 29.6 Å². The molecule has 7 nitrogen and oxygen atoms in total. The molecule has 8 heteroatoms. The number of nitrogens with zero attached hydrogens (tertiary/aromatic N) is 3. The molecule has 0 saturated carbocycles. The number of nitrogens with one attached hydrogen (secondary N) is 1. The van der Waals surface area contributed by atoms with E-state index in [0.29, 0.717) is 11.4 Å². The average Bonchev–Trinajstić information content (AvgIpc) is 3.28. The van der Waals surface area contributed by atoms with E-state index in [4.69, 9.17) is 4.98 Å². The van der Waals surface area contributed by atoms with E-state index in [9.17, 15) is 14.9 Å². The number of benzene rings is 3. The van der Waals surface area contributed by atoms with Crippen LogP contribution >= 0.6 is 11.3 Å². The zero-order valence-corrected chi connectivity index (χ0v) is 18.7. The molecule has 1 N–H and O–H groups in total. The zero-order valence-electron chi connectivity index (χ0n) is 17.9. The first-order valence-corrected chi connectivity index (χ1v) is 11.7. The molecule has 1 aliphatic rings. The van der Waals surface area contributed by atoms with Crippen molar-refractivity contribution < 1.29 is 9.72 Å². The summed E-state index contributed by atoms with van der Waals surface area (Å²) in [7, 11) is 0. The number of aromatic nitrogens is 1. The summed E-state index contributed by atoms with van der Waals surface area (Å²) in [6, 6.07) is 20.1. The van der Waals surface area contributed by atoms with Crippen molar-refractivity contribution in [3.63, 3.8) is 0 Å². The van der Waals surface area contributed by atoms with E-state index in [2.05, 4.69) is 5.32 Å². The number of rotatable bonds is 5. The maximum absolute atomic E-state index is 13.1. The summed E-state index contributed by atoms with van der Waals surface area (Å²) in [4.78, 5) is 31.2. The summed E-state index contributed by atoms with van der Waals surface area (Å²) in [6.45, 7) is 1.59. The Balaban J connectivity index is 1.44. The number of amides is 1. The van der Waals surface area contributed by atoms with Gasteiger partial charge in [0.1, 0.15) is 10.7 Å². The lowest BCUT2D eigenvalue weighted by Crippen LogP contribution is -2.30. The maximum atomic E-state index is 13.1. The predicted octanol–water partition coefficient (Wildman–Crippen LogP) is 6.11. The van der Waals surface area contributed by atoms with Crippen LogP contribution in [-0.2, 0) is 0 Å². The minimum Gasteiger partial charge on any atom is -0.366 e. The van der Waals surface area contributed by atoms with Crippen LogP contribution in [0.4, 0.5) is 17.1 Å². The van der Waals surface area contributed by atoms with Crippen molar-refractivity contribution >= 4 is 44.5 Å². The van der Waals surface area contributed by atoms with Crippen LogP contribution in [0, 0.1) is 10.1 Å². The Hall–Kier alpha value is -3.78. The number of nitro benzene ring substituents is 1. The lowest BCUT2D eigenvalue weighted by molar-refractivity contribution is -0.384. The highest BCUT2D eigenvalue weighted by molar-refractivity contribution is 7.21. The van der Waals surface area contributed by atoms with Crippen LogP contribution in [0.5, 0.6) is 0 Å². The van der Waals surface area contributed by atoms with Gasteiger partial charge in [-0.3, -0.25) is 14.9 Å². The molecule has 1 aromatic heterocycles. The Morgan fingerprint density at radius 3 is 2.55 bits per heavy atom. The Kier molecular flexibility index (Phi) is 5.75. The summed E-state index contributed by atoms with van der Waals surface area (Å²) in [6.07, 6.45) is 3.17. The fourth-order valence-electron chi connectivity index (χ4n) is 4.17. The number of nitro groups is 1. The molecule has 0 radical (unpaired) electrons. The molecule has 3 aromatic carbocycles. The van der Waals surface area contributed by atoms with Crippen LogP contribution in [-0.4, -0.2) is 28.9 Å². The first-order valence-electron chi connectivity index (χ1n) is 10.9.